The number of rotatable bonds is 3. The molecule has 1 unspecified atom stereocenters. The van der Waals surface area contributed by atoms with E-state index in [1.807, 2.05) is 18.2 Å². The summed E-state index contributed by atoms with van der Waals surface area (Å²) in [6.45, 7) is 0.0652. The van der Waals surface area contributed by atoms with E-state index >= 15 is 0 Å². The Balaban J connectivity index is 2.51. The maximum Gasteiger partial charge on any atom is 0.132 e. The zero-order valence-electron chi connectivity index (χ0n) is 8.07. The van der Waals surface area contributed by atoms with Crippen molar-refractivity contribution in [3.8, 4) is 0 Å². The second kappa shape index (κ2) is 4.18. The van der Waals surface area contributed by atoms with Gasteiger partial charge < -0.3 is 10.8 Å². The number of benzene rings is 1. The van der Waals surface area contributed by atoms with Crippen LogP contribution >= 0.6 is 11.6 Å². The lowest BCUT2D eigenvalue weighted by Crippen LogP contribution is -2.12. The summed E-state index contributed by atoms with van der Waals surface area (Å²) in [5.74, 6) is 0. The van der Waals surface area contributed by atoms with Gasteiger partial charge in [-0.15, -0.1) is 0 Å². The highest BCUT2D eigenvalue weighted by molar-refractivity contribution is 6.34. The summed E-state index contributed by atoms with van der Waals surface area (Å²) < 4.78 is 0. The molecule has 1 heterocycles. The Morgan fingerprint density at radius 1 is 1.53 bits per heavy atom. The molecule has 0 aliphatic rings. The van der Waals surface area contributed by atoms with E-state index < -0.39 is 0 Å². The normalized spacial score (nSPS) is 13.3. The van der Waals surface area contributed by atoms with Crippen molar-refractivity contribution in [1.82, 2.24) is 10.2 Å². The summed E-state index contributed by atoms with van der Waals surface area (Å²) in [5.41, 5.74) is 7.61. The molecule has 80 valence electrons. The number of hydrogen-bond acceptors (Lipinski definition) is 3. The summed E-state index contributed by atoms with van der Waals surface area (Å²) >= 11 is 5.92. The Hall–Kier alpha value is -1.10. The lowest BCUT2D eigenvalue weighted by atomic mass is 10.0. The third-order valence-corrected chi connectivity index (χ3v) is 2.70. The third-order valence-electron chi connectivity index (χ3n) is 2.41. The average molecular weight is 226 g/mol. The number of nitrogens with zero attached hydrogens (tertiary/aromatic N) is 1. The zero-order chi connectivity index (χ0) is 10.8. The molecule has 1 aromatic heterocycles. The number of aromatic nitrogens is 2. The molecule has 0 saturated heterocycles. The van der Waals surface area contributed by atoms with Crippen LogP contribution in [-0.2, 0) is 0 Å². The second-order valence-electron chi connectivity index (χ2n) is 3.40. The Morgan fingerprint density at radius 3 is 3.07 bits per heavy atom. The van der Waals surface area contributed by atoms with Crippen LogP contribution in [0.2, 0.25) is 5.15 Å². The van der Waals surface area contributed by atoms with E-state index in [4.69, 9.17) is 22.4 Å². The van der Waals surface area contributed by atoms with E-state index in [2.05, 4.69) is 10.2 Å². The minimum atomic E-state index is -0.210. The number of aromatic amines is 1. The number of hydrogen-bond donors (Lipinski definition) is 3. The van der Waals surface area contributed by atoms with E-state index in [1.165, 1.54) is 0 Å². The van der Waals surface area contributed by atoms with Gasteiger partial charge in [0.25, 0.3) is 0 Å². The number of aliphatic hydroxyl groups excluding tert-OH is 1. The highest BCUT2D eigenvalue weighted by Gasteiger charge is 2.12. The Labute approximate surface area is 92.0 Å². The summed E-state index contributed by atoms with van der Waals surface area (Å²) in [6.07, 6.45) is 0.517. The van der Waals surface area contributed by atoms with Crippen LogP contribution in [0.15, 0.2) is 18.2 Å². The van der Waals surface area contributed by atoms with Gasteiger partial charge in [0.1, 0.15) is 5.15 Å². The van der Waals surface area contributed by atoms with Gasteiger partial charge in [-0.2, -0.15) is 5.10 Å². The van der Waals surface area contributed by atoms with Crippen LogP contribution in [-0.4, -0.2) is 21.9 Å². The number of para-hydroxylation sites is 1. The molecule has 4 N–H and O–H groups in total. The largest absolute Gasteiger partial charge is 0.396 e. The van der Waals surface area contributed by atoms with Crippen molar-refractivity contribution in [3.63, 3.8) is 0 Å². The topological polar surface area (TPSA) is 74.9 Å². The van der Waals surface area contributed by atoms with Crippen molar-refractivity contribution in [3.05, 3.63) is 28.9 Å². The molecule has 4 nitrogen and oxygen atoms in total. The minimum absolute atomic E-state index is 0.0652. The van der Waals surface area contributed by atoms with Crippen molar-refractivity contribution in [2.75, 3.05) is 6.61 Å². The number of H-pyrrole nitrogens is 1. The van der Waals surface area contributed by atoms with Gasteiger partial charge in [-0.25, -0.2) is 0 Å². The molecule has 0 fully saturated rings. The minimum Gasteiger partial charge on any atom is -0.396 e. The molecular formula is C10H12ClN3O. The van der Waals surface area contributed by atoms with Crippen LogP contribution < -0.4 is 5.73 Å². The van der Waals surface area contributed by atoms with Crippen molar-refractivity contribution in [1.29, 1.82) is 0 Å². The Morgan fingerprint density at radius 2 is 2.33 bits per heavy atom. The molecule has 0 bridgehead atoms. The fourth-order valence-electron chi connectivity index (χ4n) is 1.62. The third kappa shape index (κ3) is 1.84. The van der Waals surface area contributed by atoms with Crippen molar-refractivity contribution in [2.45, 2.75) is 12.5 Å². The monoisotopic (exact) mass is 225 g/mol. The average Bonchev–Trinajstić information content (AvgIpc) is 2.61. The second-order valence-corrected chi connectivity index (χ2v) is 3.78. The van der Waals surface area contributed by atoms with Gasteiger partial charge in [0.05, 0.1) is 5.52 Å². The SMILES string of the molecule is NC(CCO)c1cccc2c(Cl)[nH]nc12. The van der Waals surface area contributed by atoms with Crippen LogP contribution in [0.4, 0.5) is 0 Å². The van der Waals surface area contributed by atoms with Crippen molar-refractivity contribution >= 4 is 22.5 Å². The first-order valence-corrected chi connectivity index (χ1v) is 5.10. The number of fused-ring (bicyclic) bond motifs is 1. The number of nitrogens with one attached hydrogen (secondary N) is 1. The van der Waals surface area contributed by atoms with Crippen molar-refractivity contribution in [2.24, 2.45) is 5.73 Å². The van der Waals surface area contributed by atoms with E-state index in [0.717, 1.165) is 16.5 Å². The van der Waals surface area contributed by atoms with E-state index in [0.29, 0.717) is 11.6 Å². The first kappa shape index (κ1) is 10.4. The molecule has 1 aromatic carbocycles. The summed E-state index contributed by atoms with van der Waals surface area (Å²) in [7, 11) is 0. The van der Waals surface area contributed by atoms with Gasteiger partial charge in [0, 0.05) is 18.0 Å². The lowest BCUT2D eigenvalue weighted by Gasteiger charge is -2.10. The van der Waals surface area contributed by atoms with Gasteiger partial charge in [-0.05, 0) is 18.1 Å². The van der Waals surface area contributed by atoms with Crippen LogP contribution in [0.3, 0.4) is 0 Å². The first-order valence-electron chi connectivity index (χ1n) is 4.73. The Kier molecular flexibility index (Phi) is 2.90. The summed E-state index contributed by atoms with van der Waals surface area (Å²) in [4.78, 5) is 0. The molecule has 0 saturated carbocycles. The van der Waals surface area contributed by atoms with Crippen molar-refractivity contribution < 1.29 is 5.11 Å². The standard InChI is InChI=1S/C10H12ClN3O/c11-10-7-3-1-2-6(8(12)4-5-15)9(7)13-14-10/h1-3,8,15H,4-5,12H2,(H,13,14). The van der Waals surface area contributed by atoms with Gasteiger partial charge >= 0.3 is 0 Å². The van der Waals surface area contributed by atoms with E-state index in [1.54, 1.807) is 0 Å². The molecule has 1 atom stereocenters. The Bertz CT molecular complexity index is 469. The molecule has 0 aliphatic heterocycles. The van der Waals surface area contributed by atoms with Gasteiger partial charge in [0.15, 0.2) is 0 Å². The first-order chi connectivity index (χ1) is 7.24. The van der Waals surface area contributed by atoms with Crippen LogP contribution in [0.1, 0.15) is 18.0 Å². The highest BCUT2D eigenvalue weighted by atomic mass is 35.5. The predicted octanol–water partition coefficient (Wildman–Crippen LogP) is 1.60. The molecule has 2 aromatic rings. The number of halogens is 1. The lowest BCUT2D eigenvalue weighted by molar-refractivity contribution is 0.277. The summed E-state index contributed by atoms with van der Waals surface area (Å²) in [6, 6.07) is 5.46. The highest BCUT2D eigenvalue weighted by Crippen LogP contribution is 2.27. The van der Waals surface area contributed by atoms with Crippen LogP contribution in [0.25, 0.3) is 10.9 Å². The predicted molar refractivity (Wildman–Crippen MR) is 59.7 cm³/mol. The van der Waals surface area contributed by atoms with Gasteiger partial charge in [0.2, 0.25) is 0 Å². The molecule has 0 spiro atoms. The zero-order valence-corrected chi connectivity index (χ0v) is 8.83. The molecule has 5 heteroatoms. The molecular weight excluding hydrogens is 214 g/mol. The molecule has 15 heavy (non-hydrogen) atoms. The summed E-state index contributed by atoms with van der Waals surface area (Å²) in [5, 5.41) is 17.0. The van der Waals surface area contributed by atoms with Gasteiger partial charge in [-0.1, -0.05) is 23.7 Å². The van der Waals surface area contributed by atoms with Crippen LogP contribution in [0.5, 0.6) is 0 Å². The fraction of sp³-hybridized carbons (Fsp3) is 0.300. The van der Waals surface area contributed by atoms with Gasteiger partial charge in [-0.3, -0.25) is 5.10 Å². The molecule has 0 amide bonds. The molecule has 0 aliphatic carbocycles. The maximum atomic E-state index is 8.84. The number of nitrogens with two attached hydrogens (primary N) is 1. The fourth-order valence-corrected chi connectivity index (χ4v) is 1.82. The maximum absolute atomic E-state index is 8.84. The quantitative estimate of drug-likeness (QED) is 0.743. The molecule has 0 radical (unpaired) electrons. The van der Waals surface area contributed by atoms with E-state index in [-0.39, 0.29) is 12.6 Å². The molecule has 2 rings (SSSR count). The van der Waals surface area contributed by atoms with Crippen LogP contribution in [0, 0.1) is 0 Å². The van der Waals surface area contributed by atoms with E-state index in [9.17, 15) is 0 Å². The smallest absolute Gasteiger partial charge is 0.132 e. The number of aliphatic hydroxyl groups is 1.